The highest BCUT2D eigenvalue weighted by Gasteiger charge is 2.23. The number of hydrogen-bond donors (Lipinski definition) is 1. The van der Waals surface area contributed by atoms with E-state index in [-0.39, 0.29) is 23.8 Å². The van der Waals surface area contributed by atoms with Crippen LogP contribution in [0.3, 0.4) is 0 Å². The zero-order valence-corrected chi connectivity index (χ0v) is 12.0. The van der Waals surface area contributed by atoms with Crippen LogP contribution in [0.2, 0.25) is 0 Å². The van der Waals surface area contributed by atoms with Gasteiger partial charge in [0.05, 0.1) is 11.5 Å². The number of carboxylic acid groups (broad SMARTS) is 1. The van der Waals surface area contributed by atoms with Crippen molar-refractivity contribution in [3.05, 3.63) is 0 Å². The van der Waals surface area contributed by atoms with Crippen molar-refractivity contribution in [1.29, 1.82) is 0 Å². The summed E-state index contributed by atoms with van der Waals surface area (Å²) in [6.45, 7) is 4.96. The first kappa shape index (κ1) is 16.9. The molecule has 0 saturated heterocycles. The van der Waals surface area contributed by atoms with Crippen LogP contribution in [0.4, 0.5) is 0 Å². The third-order valence-corrected chi connectivity index (χ3v) is 4.55. The van der Waals surface area contributed by atoms with Gasteiger partial charge in [-0.2, -0.15) is 0 Å². The van der Waals surface area contributed by atoms with Gasteiger partial charge in [-0.1, -0.05) is 13.8 Å². The van der Waals surface area contributed by atoms with Crippen LogP contribution >= 0.6 is 0 Å². The van der Waals surface area contributed by atoms with E-state index < -0.39 is 27.8 Å². The zero-order chi connectivity index (χ0) is 14.5. The number of carbonyl (C=O) groups excluding carboxylic acids is 1. The van der Waals surface area contributed by atoms with Gasteiger partial charge in [0.1, 0.15) is 6.04 Å². The molecule has 0 radical (unpaired) electrons. The number of hydrogen-bond acceptors (Lipinski definition) is 4. The van der Waals surface area contributed by atoms with Crippen molar-refractivity contribution in [3.63, 3.8) is 0 Å². The Balaban J connectivity index is 4.39. The second-order valence-electron chi connectivity index (χ2n) is 4.78. The van der Waals surface area contributed by atoms with E-state index >= 15 is 0 Å². The molecular formula is C11H21NO5S. The van der Waals surface area contributed by atoms with E-state index in [9.17, 15) is 18.0 Å². The van der Waals surface area contributed by atoms with E-state index in [2.05, 4.69) is 0 Å². The van der Waals surface area contributed by atoms with Gasteiger partial charge in [-0.3, -0.25) is 4.79 Å². The first-order chi connectivity index (χ1) is 8.07. The third kappa shape index (κ3) is 6.00. The minimum atomic E-state index is -3.25. The quantitative estimate of drug-likeness (QED) is 0.727. The minimum Gasteiger partial charge on any atom is -0.480 e. The van der Waals surface area contributed by atoms with Crippen molar-refractivity contribution in [2.45, 2.75) is 33.2 Å². The van der Waals surface area contributed by atoms with E-state index in [1.54, 1.807) is 13.8 Å². The van der Waals surface area contributed by atoms with Crippen LogP contribution < -0.4 is 0 Å². The van der Waals surface area contributed by atoms with E-state index in [1.807, 2.05) is 0 Å². The molecule has 0 bridgehead atoms. The fourth-order valence-corrected chi connectivity index (χ4v) is 3.06. The van der Waals surface area contributed by atoms with E-state index in [0.717, 1.165) is 4.90 Å². The lowest BCUT2D eigenvalue weighted by molar-refractivity contribution is -0.148. The van der Waals surface area contributed by atoms with Gasteiger partial charge in [-0.25, -0.2) is 13.2 Å². The topological polar surface area (TPSA) is 91.8 Å². The molecule has 6 nitrogen and oxygen atoms in total. The smallest absolute Gasteiger partial charge is 0.326 e. The molecule has 0 saturated carbocycles. The van der Waals surface area contributed by atoms with Crippen LogP contribution in [0.15, 0.2) is 0 Å². The molecule has 18 heavy (non-hydrogen) atoms. The Morgan fingerprint density at radius 1 is 1.22 bits per heavy atom. The van der Waals surface area contributed by atoms with Crippen LogP contribution in [0.5, 0.6) is 0 Å². The summed E-state index contributed by atoms with van der Waals surface area (Å²) in [5.41, 5.74) is 0. The molecule has 0 rings (SSSR count). The monoisotopic (exact) mass is 279 g/mol. The van der Waals surface area contributed by atoms with Gasteiger partial charge in [0.2, 0.25) is 5.91 Å². The van der Waals surface area contributed by atoms with Crippen LogP contribution in [0.1, 0.15) is 27.2 Å². The molecule has 0 heterocycles. The van der Waals surface area contributed by atoms with Gasteiger partial charge >= 0.3 is 5.97 Å². The van der Waals surface area contributed by atoms with Gasteiger partial charge in [0.15, 0.2) is 9.84 Å². The number of carboxylic acids is 1. The lowest BCUT2D eigenvalue weighted by Gasteiger charge is -2.21. The summed E-state index contributed by atoms with van der Waals surface area (Å²) in [6, 6.07) is -0.953. The summed E-state index contributed by atoms with van der Waals surface area (Å²) in [6.07, 6.45) is -0.177. The van der Waals surface area contributed by atoms with Gasteiger partial charge in [0.25, 0.3) is 0 Å². The SMILES string of the molecule is CC(C)CS(=O)(=O)CCC(=O)N(C)C(C)C(=O)O. The van der Waals surface area contributed by atoms with E-state index in [1.165, 1.54) is 14.0 Å². The number of nitrogens with zero attached hydrogens (tertiary/aromatic N) is 1. The Bertz CT molecular complexity index is 402. The molecule has 0 aromatic carbocycles. The predicted molar refractivity (Wildman–Crippen MR) is 68.0 cm³/mol. The number of likely N-dealkylation sites (N-methyl/N-ethyl adjacent to an activating group) is 1. The zero-order valence-electron chi connectivity index (χ0n) is 11.2. The van der Waals surface area contributed by atoms with Crippen molar-refractivity contribution >= 4 is 21.7 Å². The van der Waals surface area contributed by atoms with Crippen molar-refractivity contribution < 1.29 is 23.1 Å². The molecule has 1 amide bonds. The largest absolute Gasteiger partial charge is 0.480 e. The van der Waals surface area contributed by atoms with E-state index in [4.69, 9.17) is 5.11 Å². The Morgan fingerprint density at radius 2 is 1.72 bits per heavy atom. The van der Waals surface area contributed by atoms with Gasteiger partial charge in [-0.05, 0) is 12.8 Å². The van der Waals surface area contributed by atoms with Gasteiger partial charge < -0.3 is 10.0 Å². The summed E-state index contributed by atoms with van der Waals surface area (Å²) in [5.74, 6) is -1.77. The van der Waals surface area contributed by atoms with Crippen LogP contribution in [0.25, 0.3) is 0 Å². The second kappa shape index (κ2) is 6.72. The Labute approximate surface area is 108 Å². The first-order valence-electron chi connectivity index (χ1n) is 5.75. The molecule has 0 aliphatic rings. The average molecular weight is 279 g/mol. The molecule has 7 heteroatoms. The summed E-state index contributed by atoms with van der Waals surface area (Å²) in [5, 5.41) is 8.74. The van der Waals surface area contributed by atoms with Crippen LogP contribution in [0, 0.1) is 5.92 Å². The maximum absolute atomic E-state index is 11.6. The highest BCUT2D eigenvalue weighted by atomic mass is 32.2. The van der Waals surface area contributed by atoms with Crippen molar-refractivity contribution in [3.8, 4) is 0 Å². The van der Waals surface area contributed by atoms with Crippen LogP contribution in [-0.4, -0.2) is 54.9 Å². The van der Waals surface area contributed by atoms with Crippen LogP contribution in [-0.2, 0) is 19.4 Å². The molecule has 0 aliphatic heterocycles. The van der Waals surface area contributed by atoms with E-state index in [0.29, 0.717) is 0 Å². The van der Waals surface area contributed by atoms with Gasteiger partial charge in [0, 0.05) is 13.5 Å². The Morgan fingerprint density at radius 3 is 2.11 bits per heavy atom. The normalized spacial score (nSPS) is 13.4. The lowest BCUT2D eigenvalue weighted by Crippen LogP contribution is -2.40. The molecule has 0 spiro atoms. The molecule has 0 aromatic heterocycles. The third-order valence-electron chi connectivity index (χ3n) is 2.55. The fourth-order valence-electron chi connectivity index (χ4n) is 1.39. The number of carbonyl (C=O) groups is 2. The highest BCUT2D eigenvalue weighted by molar-refractivity contribution is 7.91. The van der Waals surface area contributed by atoms with Crippen molar-refractivity contribution in [1.82, 2.24) is 4.90 Å². The minimum absolute atomic E-state index is 0.0146. The fraction of sp³-hybridized carbons (Fsp3) is 0.818. The number of sulfone groups is 1. The number of aliphatic carboxylic acids is 1. The molecule has 1 unspecified atom stereocenters. The molecule has 0 aromatic rings. The Kier molecular flexibility index (Phi) is 6.31. The average Bonchev–Trinajstić information content (AvgIpc) is 2.21. The molecule has 0 fully saturated rings. The number of amides is 1. The molecule has 1 atom stereocenters. The number of rotatable bonds is 7. The molecular weight excluding hydrogens is 258 g/mol. The summed E-state index contributed by atoms with van der Waals surface area (Å²) < 4.78 is 23.2. The second-order valence-corrected chi connectivity index (χ2v) is 7.01. The summed E-state index contributed by atoms with van der Waals surface area (Å²) >= 11 is 0. The Hall–Kier alpha value is -1.11. The maximum Gasteiger partial charge on any atom is 0.326 e. The lowest BCUT2D eigenvalue weighted by atomic mass is 10.3. The first-order valence-corrected chi connectivity index (χ1v) is 7.58. The van der Waals surface area contributed by atoms with Crippen molar-refractivity contribution in [2.75, 3.05) is 18.6 Å². The summed E-state index contributed by atoms with van der Waals surface area (Å²) in [7, 11) is -1.89. The maximum atomic E-state index is 11.6. The standard InChI is InChI=1S/C11H21NO5S/c1-8(2)7-18(16,17)6-5-10(13)12(4)9(3)11(14)15/h8-9H,5-7H2,1-4H3,(H,14,15). The summed E-state index contributed by atoms with van der Waals surface area (Å²) in [4.78, 5) is 23.3. The molecule has 0 aliphatic carbocycles. The predicted octanol–water partition coefficient (Wildman–Crippen LogP) is 0.379. The highest BCUT2D eigenvalue weighted by Crippen LogP contribution is 2.05. The van der Waals surface area contributed by atoms with Crippen molar-refractivity contribution in [2.24, 2.45) is 5.92 Å². The molecule has 106 valence electrons. The van der Waals surface area contributed by atoms with Gasteiger partial charge in [-0.15, -0.1) is 0 Å². The molecule has 1 N–H and O–H groups in total.